The molecule has 2 amide bonds. The number of benzene rings is 2. The van der Waals surface area contributed by atoms with E-state index in [4.69, 9.17) is 10.5 Å². The topological polar surface area (TPSA) is 76.7 Å². The molecule has 6 heteroatoms. The lowest BCUT2D eigenvalue weighted by Gasteiger charge is -2.08. The molecule has 3 N–H and O–H groups in total. The third-order valence-corrected chi connectivity index (χ3v) is 2.35. The molecule has 0 heterocycles. The van der Waals surface area contributed by atoms with Gasteiger partial charge in [0.25, 0.3) is 0 Å². The Morgan fingerprint density at radius 1 is 1.15 bits per heavy atom. The lowest BCUT2D eigenvalue weighted by molar-refractivity contribution is 0.249. The van der Waals surface area contributed by atoms with Crippen molar-refractivity contribution >= 4 is 12.2 Å². The SMILES string of the molecule is NC(=O)N/N=C\c1ccccc1Oc1ccccc1F. The number of para-hydroxylation sites is 2. The summed E-state index contributed by atoms with van der Waals surface area (Å²) in [5.74, 6) is 0.0540. The summed E-state index contributed by atoms with van der Waals surface area (Å²) in [6.07, 6.45) is 1.36. The van der Waals surface area contributed by atoms with Crippen LogP contribution in [0.15, 0.2) is 53.6 Å². The van der Waals surface area contributed by atoms with Gasteiger partial charge in [-0.3, -0.25) is 0 Å². The molecule has 0 saturated carbocycles. The van der Waals surface area contributed by atoms with Crippen LogP contribution >= 0.6 is 0 Å². The summed E-state index contributed by atoms with van der Waals surface area (Å²) in [6, 6.07) is 12.2. The van der Waals surface area contributed by atoms with Gasteiger partial charge in [0.05, 0.1) is 6.21 Å². The average Bonchev–Trinajstić information content (AvgIpc) is 2.43. The highest BCUT2D eigenvalue weighted by Crippen LogP contribution is 2.26. The number of nitrogens with two attached hydrogens (primary N) is 1. The maximum absolute atomic E-state index is 13.5. The zero-order valence-electron chi connectivity index (χ0n) is 10.4. The molecule has 0 unspecified atom stereocenters. The lowest BCUT2D eigenvalue weighted by Crippen LogP contribution is -2.24. The summed E-state index contributed by atoms with van der Waals surface area (Å²) in [4.78, 5) is 10.5. The Kier molecular flexibility index (Phi) is 4.28. The van der Waals surface area contributed by atoms with E-state index in [-0.39, 0.29) is 5.75 Å². The summed E-state index contributed by atoms with van der Waals surface area (Å²) < 4.78 is 19.0. The largest absolute Gasteiger partial charge is 0.454 e. The van der Waals surface area contributed by atoms with E-state index in [2.05, 4.69) is 10.5 Å². The first-order valence-corrected chi connectivity index (χ1v) is 5.77. The number of hydrazone groups is 1. The first-order valence-electron chi connectivity index (χ1n) is 5.77. The smallest absolute Gasteiger partial charge is 0.332 e. The minimum atomic E-state index is -0.770. The van der Waals surface area contributed by atoms with Gasteiger partial charge in [0.15, 0.2) is 11.6 Å². The van der Waals surface area contributed by atoms with Crippen molar-refractivity contribution in [1.82, 2.24) is 5.43 Å². The Labute approximate surface area is 114 Å². The van der Waals surface area contributed by atoms with E-state index >= 15 is 0 Å². The van der Waals surface area contributed by atoms with Gasteiger partial charge in [-0.05, 0) is 24.3 Å². The van der Waals surface area contributed by atoms with Crippen molar-refractivity contribution in [2.45, 2.75) is 0 Å². The maximum atomic E-state index is 13.5. The fourth-order valence-electron chi connectivity index (χ4n) is 1.49. The van der Waals surface area contributed by atoms with Crippen molar-refractivity contribution in [3.63, 3.8) is 0 Å². The van der Waals surface area contributed by atoms with E-state index in [1.807, 2.05) is 0 Å². The molecule has 0 radical (unpaired) electrons. The molecule has 0 aliphatic heterocycles. The summed E-state index contributed by atoms with van der Waals surface area (Å²) in [7, 11) is 0. The Balaban J connectivity index is 2.22. The van der Waals surface area contributed by atoms with Crippen molar-refractivity contribution in [3.8, 4) is 11.5 Å². The number of nitrogens with zero attached hydrogens (tertiary/aromatic N) is 1. The Morgan fingerprint density at radius 3 is 2.50 bits per heavy atom. The summed E-state index contributed by atoms with van der Waals surface area (Å²) in [6.45, 7) is 0. The standard InChI is InChI=1S/C14H12FN3O2/c15-11-6-2-4-8-13(11)20-12-7-3-1-5-10(12)9-17-18-14(16)19/h1-9H,(H3,16,18,19)/b17-9-. The van der Waals surface area contributed by atoms with Gasteiger partial charge >= 0.3 is 6.03 Å². The number of amides is 2. The summed E-state index contributed by atoms with van der Waals surface area (Å²) in [5.41, 5.74) is 7.54. The van der Waals surface area contributed by atoms with Gasteiger partial charge < -0.3 is 10.5 Å². The van der Waals surface area contributed by atoms with E-state index in [9.17, 15) is 9.18 Å². The highest BCUT2D eigenvalue weighted by molar-refractivity contribution is 5.84. The Hall–Kier alpha value is -2.89. The number of carbonyl (C=O) groups is 1. The predicted molar refractivity (Wildman–Crippen MR) is 73.2 cm³/mol. The molecule has 0 spiro atoms. The van der Waals surface area contributed by atoms with Gasteiger partial charge in [-0.25, -0.2) is 14.6 Å². The number of ether oxygens (including phenoxy) is 1. The summed E-state index contributed by atoms with van der Waals surface area (Å²) in [5, 5.41) is 3.64. The molecule has 2 aromatic carbocycles. The number of urea groups is 1. The monoisotopic (exact) mass is 273 g/mol. The molecule has 2 aromatic rings. The molecule has 0 aliphatic rings. The molecule has 0 aliphatic carbocycles. The molecule has 2 rings (SSSR count). The van der Waals surface area contributed by atoms with Crippen LogP contribution in [0.25, 0.3) is 0 Å². The van der Waals surface area contributed by atoms with Crippen molar-refractivity contribution in [1.29, 1.82) is 0 Å². The van der Waals surface area contributed by atoms with Crippen LogP contribution in [0.1, 0.15) is 5.56 Å². The van der Waals surface area contributed by atoms with Crippen LogP contribution in [0.3, 0.4) is 0 Å². The van der Waals surface area contributed by atoms with Crippen LogP contribution in [0.4, 0.5) is 9.18 Å². The fourth-order valence-corrected chi connectivity index (χ4v) is 1.49. The van der Waals surface area contributed by atoms with E-state index in [1.165, 1.54) is 18.3 Å². The van der Waals surface area contributed by atoms with Crippen molar-refractivity contribution < 1.29 is 13.9 Å². The van der Waals surface area contributed by atoms with E-state index in [0.29, 0.717) is 11.3 Å². The molecule has 0 aromatic heterocycles. The van der Waals surface area contributed by atoms with Crippen molar-refractivity contribution in [3.05, 3.63) is 59.9 Å². The third-order valence-electron chi connectivity index (χ3n) is 2.35. The number of rotatable bonds is 4. The highest BCUT2D eigenvalue weighted by Gasteiger charge is 2.06. The fraction of sp³-hybridized carbons (Fsp3) is 0. The van der Waals surface area contributed by atoms with Crippen LogP contribution in [0, 0.1) is 5.82 Å². The van der Waals surface area contributed by atoms with Gasteiger partial charge in [-0.2, -0.15) is 5.10 Å². The number of hydrogen-bond donors (Lipinski definition) is 2. The van der Waals surface area contributed by atoms with Crippen molar-refractivity contribution in [2.24, 2.45) is 10.8 Å². The van der Waals surface area contributed by atoms with Gasteiger partial charge in [-0.1, -0.05) is 24.3 Å². The van der Waals surface area contributed by atoms with Crippen LogP contribution in [0.2, 0.25) is 0 Å². The van der Waals surface area contributed by atoms with Crippen molar-refractivity contribution in [2.75, 3.05) is 0 Å². The van der Waals surface area contributed by atoms with Crippen LogP contribution in [-0.4, -0.2) is 12.2 Å². The molecular weight excluding hydrogens is 261 g/mol. The normalized spacial score (nSPS) is 10.4. The van der Waals surface area contributed by atoms with Gasteiger partial charge in [0.2, 0.25) is 0 Å². The quantitative estimate of drug-likeness (QED) is 0.663. The number of carbonyl (C=O) groups excluding carboxylic acids is 1. The number of halogens is 1. The van der Waals surface area contributed by atoms with Gasteiger partial charge in [0.1, 0.15) is 5.75 Å². The van der Waals surface area contributed by atoms with E-state index in [1.54, 1.807) is 36.4 Å². The van der Waals surface area contributed by atoms with E-state index < -0.39 is 11.8 Å². The number of nitrogens with one attached hydrogen (secondary N) is 1. The van der Waals surface area contributed by atoms with Gasteiger partial charge in [0, 0.05) is 5.56 Å². The maximum Gasteiger partial charge on any atom is 0.332 e. The molecule has 0 saturated heterocycles. The minimum absolute atomic E-state index is 0.108. The zero-order chi connectivity index (χ0) is 14.4. The van der Waals surface area contributed by atoms with Crippen LogP contribution in [0.5, 0.6) is 11.5 Å². The molecule has 0 fully saturated rings. The minimum Gasteiger partial charge on any atom is -0.454 e. The average molecular weight is 273 g/mol. The zero-order valence-corrected chi connectivity index (χ0v) is 10.4. The molecule has 0 bridgehead atoms. The van der Waals surface area contributed by atoms with E-state index in [0.717, 1.165) is 0 Å². The lowest BCUT2D eigenvalue weighted by atomic mass is 10.2. The molecule has 5 nitrogen and oxygen atoms in total. The Bertz CT molecular complexity index is 644. The second kappa shape index (κ2) is 6.33. The summed E-state index contributed by atoms with van der Waals surface area (Å²) >= 11 is 0. The third kappa shape index (κ3) is 3.55. The Morgan fingerprint density at radius 2 is 1.80 bits per heavy atom. The second-order valence-electron chi connectivity index (χ2n) is 3.80. The molecule has 102 valence electrons. The first kappa shape index (κ1) is 13.5. The van der Waals surface area contributed by atoms with Gasteiger partial charge in [-0.15, -0.1) is 0 Å². The van der Waals surface area contributed by atoms with Crippen LogP contribution in [-0.2, 0) is 0 Å². The molecular formula is C14H12FN3O2. The number of hydrogen-bond acceptors (Lipinski definition) is 3. The second-order valence-corrected chi connectivity index (χ2v) is 3.80. The molecule has 0 atom stereocenters. The highest BCUT2D eigenvalue weighted by atomic mass is 19.1. The number of primary amides is 1. The molecule has 20 heavy (non-hydrogen) atoms. The predicted octanol–water partition coefficient (Wildman–Crippen LogP) is 2.62. The first-order chi connectivity index (χ1) is 9.66. The van der Waals surface area contributed by atoms with Crippen LogP contribution < -0.4 is 15.9 Å².